The quantitative estimate of drug-likeness (QED) is 0.597. The van der Waals surface area contributed by atoms with Crippen molar-refractivity contribution < 1.29 is 13.9 Å². The fourth-order valence-electron chi connectivity index (χ4n) is 5.56. The van der Waals surface area contributed by atoms with Crippen LogP contribution in [0.3, 0.4) is 0 Å². The van der Waals surface area contributed by atoms with E-state index >= 15 is 4.39 Å². The fourth-order valence-corrected chi connectivity index (χ4v) is 6.58. The number of anilines is 1. The predicted octanol–water partition coefficient (Wildman–Crippen LogP) is 3.56. The van der Waals surface area contributed by atoms with Crippen molar-refractivity contribution >= 4 is 27.9 Å². The van der Waals surface area contributed by atoms with Crippen LogP contribution in [0.25, 0.3) is 21.3 Å². The molecular weight excluding hydrogens is 453 g/mol. The van der Waals surface area contributed by atoms with Crippen molar-refractivity contribution in [2.75, 3.05) is 70.6 Å². The Morgan fingerprint density at radius 1 is 1.03 bits per heavy atom. The topological polar surface area (TPSA) is 56.9 Å². The molecule has 0 spiro atoms. The van der Waals surface area contributed by atoms with E-state index in [4.69, 9.17) is 9.47 Å². The van der Waals surface area contributed by atoms with Gasteiger partial charge in [-0.1, -0.05) is 0 Å². The van der Waals surface area contributed by atoms with E-state index in [1.807, 2.05) is 18.5 Å². The lowest BCUT2D eigenvalue weighted by Crippen LogP contribution is -2.48. The minimum atomic E-state index is -0.185. The molecular formula is C25H32FN5O2S. The summed E-state index contributed by atoms with van der Waals surface area (Å²) in [6.45, 7) is 9.75. The van der Waals surface area contributed by atoms with Crippen LogP contribution >= 0.6 is 11.3 Å². The van der Waals surface area contributed by atoms with E-state index in [2.05, 4.69) is 24.7 Å². The minimum Gasteiger partial charge on any atom is -0.379 e. The zero-order valence-corrected chi connectivity index (χ0v) is 20.3. The first-order valence-corrected chi connectivity index (χ1v) is 13.2. The monoisotopic (exact) mass is 485 g/mol. The Balaban J connectivity index is 1.16. The van der Waals surface area contributed by atoms with E-state index in [1.165, 1.54) is 12.8 Å². The summed E-state index contributed by atoms with van der Waals surface area (Å²) < 4.78 is 26.4. The molecule has 0 unspecified atom stereocenters. The number of H-pyrrole nitrogens is 1. The highest BCUT2D eigenvalue weighted by Gasteiger charge is 2.27. The second-order valence-corrected chi connectivity index (χ2v) is 10.5. The van der Waals surface area contributed by atoms with Gasteiger partial charge < -0.3 is 19.4 Å². The zero-order chi connectivity index (χ0) is 22.9. The minimum absolute atomic E-state index is 0.185. The van der Waals surface area contributed by atoms with Crippen molar-refractivity contribution in [1.82, 2.24) is 19.8 Å². The van der Waals surface area contributed by atoms with Gasteiger partial charge >= 0.3 is 0 Å². The highest BCUT2D eigenvalue weighted by atomic mass is 32.1. The van der Waals surface area contributed by atoms with Crippen LogP contribution < -0.4 is 4.90 Å². The number of hydrogen-bond acceptors (Lipinski definition) is 7. The average Bonchev–Trinajstić information content (AvgIpc) is 3.55. The van der Waals surface area contributed by atoms with Crippen LogP contribution in [-0.2, 0) is 16.0 Å². The molecule has 3 aliphatic rings. The lowest BCUT2D eigenvalue weighted by Gasteiger charge is -2.39. The van der Waals surface area contributed by atoms with Crippen molar-refractivity contribution in [3.05, 3.63) is 35.4 Å². The van der Waals surface area contributed by atoms with Gasteiger partial charge in [-0.15, -0.1) is 11.3 Å². The maximum atomic E-state index is 15.5. The Hall–Kier alpha value is -2.04. The summed E-state index contributed by atoms with van der Waals surface area (Å²) in [6.07, 6.45) is 6.14. The number of rotatable bonds is 5. The molecule has 9 heteroatoms. The van der Waals surface area contributed by atoms with E-state index in [9.17, 15) is 0 Å². The number of halogens is 1. The van der Waals surface area contributed by atoms with Crippen LogP contribution in [0.1, 0.15) is 17.8 Å². The molecule has 0 atom stereocenters. The first-order chi connectivity index (χ1) is 16.8. The number of piperidine rings is 1. The lowest BCUT2D eigenvalue weighted by atomic mass is 10.0. The van der Waals surface area contributed by atoms with Crippen molar-refractivity contribution in [2.45, 2.75) is 25.4 Å². The summed E-state index contributed by atoms with van der Waals surface area (Å²) in [7, 11) is 0. The number of likely N-dealkylation sites (tertiary alicyclic amines) is 1. The van der Waals surface area contributed by atoms with Crippen LogP contribution in [0.15, 0.2) is 24.5 Å². The smallest absolute Gasteiger partial charge is 0.134 e. The number of morpholine rings is 2. The summed E-state index contributed by atoms with van der Waals surface area (Å²) in [5.74, 6) is -0.185. The molecule has 1 N–H and O–H groups in total. The molecule has 5 heterocycles. The van der Waals surface area contributed by atoms with E-state index in [-0.39, 0.29) is 5.82 Å². The highest BCUT2D eigenvalue weighted by Crippen LogP contribution is 2.39. The average molecular weight is 486 g/mol. The Kier molecular flexibility index (Phi) is 6.54. The number of aromatic amines is 1. The molecule has 3 aromatic rings. The zero-order valence-electron chi connectivity index (χ0n) is 19.5. The van der Waals surface area contributed by atoms with Crippen molar-refractivity contribution in [1.29, 1.82) is 0 Å². The summed E-state index contributed by atoms with van der Waals surface area (Å²) in [4.78, 5) is 16.2. The fraction of sp³-hybridized carbons (Fsp3) is 0.560. The summed E-state index contributed by atoms with van der Waals surface area (Å²) in [5.41, 5.74) is 2.55. The summed E-state index contributed by atoms with van der Waals surface area (Å²) in [5, 5.41) is 1.98. The molecule has 1 aromatic carbocycles. The molecule has 3 fully saturated rings. The molecule has 3 saturated heterocycles. The Labute approximate surface area is 203 Å². The van der Waals surface area contributed by atoms with Gasteiger partial charge in [-0.2, -0.15) is 0 Å². The van der Waals surface area contributed by atoms with Crippen molar-refractivity contribution in [3.63, 3.8) is 0 Å². The maximum absolute atomic E-state index is 15.5. The van der Waals surface area contributed by atoms with Crippen LogP contribution in [-0.4, -0.2) is 91.5 Å². The molecule has 3 aliphatic heterocycles. The molecule has 7 nitrogen and oxygen atoms in total. The number of benzene rings is 1. The second-order valence-electron chi connectivity index (χ2n) is 9.39. The molecule has 0 saturated carbocycles. The van der Waals surface area contributed by atoms with Gasteiger partial charge in [0.25, 0.3) is 0 Å². The standard InChI is InChI=1S/C25H32FN5O2S/c26-20-15-21(31-9-13-33-14-10-31)25-19(1-4-27-25)24(20)22-16-28-23(34-22)17-29-5-2-18(3-6-29)30-7-11-32-12-8-30/h1,4,15-16,18,27H,2-3,5-14,17H2. The normalized spacial score (nSPS) is 21.5. The third kappa shape index (κ3) is 4.47. The second kappa shape index (κ2) is 9.91. The number of aromatic nitrogens is 2. The van der Waals surface area contributed by atoms with Crippen molar-refractivity contribution in [3.8, 4) is 10.4 Å². The van der Waals surface area contributed by atoms with E-state index in [0.717, 1.165) is 85.5 Å². The van der Waals surface area contributed by atoms with Gasteiger partial charge in [0, 0.05) is 74.7 Å². The number of fused-ring (bicyclic) bond motifs is 1. The molecule has 34 heavy (non-hydrogen) atoms. The van der Waals surface area contributed by atoms with Crippen molar-refractivity contribution in [2.24, 2.45) is 0 Å². The number of nitrogens with one attached hydrogen (secondary N) is 1. The maximum Gasteiger partial charge on any atom is 0.134 e. The van der Waals surface area contributed by atoms with Gasteiger partial charge in [-0.3, -0.25) is 9.80 Å². The van der Waals surface area contributed by atoms with Gasteiger partial charge in [-0.25, -0.2) is 9.37 Å². The van der Waals surface area contributed by atoms with Gasteiger partial charge in [0.2, 0.25) is 0 Å². The predicted molar refractivity (Wildman–Crippen MR) is 133 cm³/mol. The Bertz CT molecular complexity index is 1110. The number of ether oxygens (including phenoxy) is 2. The first-order valence-electron chi connectivity index (χ1n) is 12.4. The summed E-state index contributed by atoms with van der Waals surface area (Å²) >= 11 is 1.62. The molecule has 2 aromatic heterocycles. The first kappa shape index (κ1) is 22.4. The highest BCUT2D eigenvalue weighted by molar-refractivity contribution is 7.15. The summed E-state index contributed by atoms with van der Waals surface area (Å²) in [6, 6.07) is 4.33. The molecule has 182 valence electrons. The van der Waals surface area contributed by atoms with E-state index in [0.29, 0.717) is 24.8 Å². The SMILES string of the molecule is Fc1cc(N2CCOCC2)c2[nH]ccc2c1-c1cnc(CN2CCC(N3CCOCC3)CC2)s1. The van der Waals surface area contributed by atoms with Gasteiger partial charge in [0.1, 0.15) is 10.8 Å². The molecule has 0 radical (unpaired) electrons. The van der Waals surface area contributed by atoms with Gasteiger partial charge in [-0.05, 0) is 18.9 Å². The number of thiazole rings is 1. The molecule has 0 bridgehead atoms. The number of nitrogens with zero attached hydrogens (tertiary/aromatic N) is 4. The van der Waals surface area contributed by atoms with E-state index in [1.54, 1.807) is 17.4 Å². The Morgan fingerprint density at radius 2 is 1.76 bits per heavy atom. The molecule has 6 rings (SSSR count). The Morgan fingerprint density at radius 3 is 2.53 bits per heavy atom. The lowest BCUT2D eigenvalue weighted by molar-refractivity contribution is 0.000227. The van der Waals surface area contributed by atoms with Crippen LogP contribution in [0.2, 0.25) is 0 Å². The third-order valence-electron chi connectivity index (χ3n) is 7.40. The van der Waals surface area contributed by atoms with Gasteiger partial charge in [0.15, 0.2) is 0 Å². The third-order valence-corrected chi connectivity index (χ3v) is 8.40. The van der Waals surface area contributed by atoms with Crippen LogP contribution in [0.4, 0.5) is 10.1 Å². The molecule has 0 aliphatic carbocycles. The van der Waals surface area contributed by atoms with Crippen LogP contribution in [0, 0.1) is 5.82 Å². The molecule has 0 amide bonds. The van der Waals surface area contributed by atoms with Crippen LogP contribution in [0.5, 0.6) is 0 Å². The largest absolute Gasteiger partial charge is 0.379 e. The van der Waals surface area contributed by atoms with E-state index < -0.39 is 0 Å². The van der Waals surface area contributed by atoms with Gasteiger partial charge in [0.05, 0.1) is 49.1 Å². The number of hydrogen-bond donors (Lipinski definition) is 1.